The average molecular weight is 453 g/mol. The Morgan fingerprint density at radius 1 is 0.971 bits per heavy atom. The minimum atomic E-state index is -0.267. The Hall–Kier alpha value is -4.59. The number of hydrogen-bond acceptors (Lipinski definition) is 6. The fourth-order valence-electron chi connectivity index (χ4n) is 3.88. The largest absolute Gasteiger partial charge is 0.457 e. The molecule has 0 bridgehead atoms. The van der Waals surface area contributed by atoms with Crippen molar-refractivity contribution in [3.8, 4) is 11.5 Å². The predicted octanol–water partition coefficient (Wildman–Crippen LogP) is 5.07. The van der Waals surface area contributed by atoms with Gasteiger partial charge in [-0.3, -0.25) is 9.78 Å². The van der Waals surface area contributed by atoms with E-state index in [1.807, 2.05) is 44.4 Å². The van der Waals surface area contributed by atoms with Crippen LogP contribution in [0.3, 0.4) is 0 Å². The van der Waals surface area contributed by atoms with Crippen LogP contribution < -0.4 is 20.3 Å². The van der Waals surface area contributed by atoms with Gasteiger partial charge in [0.15, 0.2) is 0 Å². The zero-order valence-electron chi connectivity index (χ0n) is 19.1. The number of aromatic amines is 1. The van der Waals surface area contributed by atoms with Gasteiger partial charge in [0.25, 0.3) is 5.91 Å². The number of aromatic nitrogens is 3. The van der Waals surface area contributed by atoms with Gasteiger partial charge < -0.3 is 25.3 Å². The predicted molar refractivity (Wildman–Crippen MR) is 135 cm³/mol. The highest BCUT2D eigenvalue weighted by Crippen LogP contribution is 2.33. The summed E-state index contributed by atoms with van der Waals surface area (Å²) in [6, 6.07) is 21.4. The van der Waals surface area contributed by atoms with Crippen LogP contribution in [0.2, 0.25) is 0 Å². The Labute approximate surface area is 196 Å². The molecule has 0 unspecified atom stereocenters. The van der Waals surface area contributed by atoms with Crippen LogP contribution in [-0.2, 0) is 0 Å². The quantitative estimate of drug-likeness (QED) is 0.333. The summed E-state index contributed by atoms with van der Waals surface area (Å²) in [6.45, 7) is 0. The summed E-state index contributed by atoms with van der Waals surface area (Å²) in [7, 11) is 5.65. The number of carbonyl (C=O) groups excluding carboxylic acids is 1. The highest BCUT2D eigenvalue weighted by molar-refractivity contribution is 6.03. The van der Waals surface area contributed by atoms with E-state index in [-0.39, 0.29) is 5.91 Å². The summed E-state index contributed by atoms with van der Waals surface area (Å²) in [6.07, 6.45) is 1.54. The van der Waals surface area contributed by atoms with Gasteiger partial charge in [-0.05, 0) is 30.3 Å². The monoisotopic (exact) mass is 452 g/mol. The maximum atomic E-state index is 11.8. The molecule has 1 amide bonds. The van der Waals surface area contributed by atoms with E-state index in [2.05, 4.69) is 54.8 Å². The van der Waals surface area contributed by atoms with Crippen molar-refractivity contribution in [2.24, 2.45) is 0 Å². The van der Waals surface area contributed by atoms with Gasteiger partial charge in [-0.15, -0.1) is 0 Å². The molecule has 0 saturated heterocycles. The van der Waals surface area contributed by atoms with Gasteiger partial charge in [0, 0.05) is 61.6 Å². The van der Waals surface area contributed by atoms with Gasteiger partial charge in [-0.2, -0.15) is 0 Å². The minimum Gasteiger partial charge on any atom is -0.457 e. The summed E-state index contributed by atoms with van der Waals surface area (Å²) >= 11 is 0. The Morgan fingerprint density at radius 3 is 2.56 bits per heavy atom. The number of carbonyl (C=O) groups is 1. The molecule has 5 aromatic rings. The van der Waals surface area contributed by atoms with E-state index in [1.165, 1.54) is 0 Å². The summed E-state index contributed by atoms with van der Waals surface area (Å²) in [5.41, 5.74) is 4.06. The zero-order chi connectivity index (χ0) is 23.7. The van der Waals surface area contributed by atoms with Crippen molar-refractivity contribution >= 4 is 45.0 Å². The van der Waals surface area contributed by atoms with Gasteiger partial charge >= 0.3 is 0 Å². The van der Waals surface area contributed by atoms with Crippen molar-refractivity contribution in [1.29, 1.82) is 0 Å². The Balaban J connectivity index is 1.42. The molecule has 3 aromatic carbocycles. The number of benzene rings is 3. The lowest BCUT2D eigenvalue weighted by Crippen LogP contribution is -2.18. The molecule has 0 aliphatic heterocycles. The topological polar surface area (TPSA) is 95.2 Å². The maximum absolute atomic E-state index is 11.8. The van der Waals surface area contributed by atoms with Crippen LogP contribution in [0.15, 0.2) is 72.9 Å². The van der Waals surface area contributed by atoms with Crippen LogP contribution >= 0.6 is 0 Å². The molecule has 3 N–H and O–H groups in total. The molecule has 0 spiro atoms. The van der Waals surface area contributed by atoms with Crippen LogP contribution in [0, 0.1) is 0 Å². The smallest absolute Gasteiger partial charge is 0.269 e. The zero-order valence-corrected chi connectivity index (χ0v) is 19.1. The average Bonchev–Trinajstić information content (AvgIpc) is 3.25. The third-order valence-electron chi connectivity index (χ3n) is 5.52. The number of imidazole rings is 1. The standard InChI is InChI=1S/C26H24N6O2/c1-27-25(33)23-15-17(12-13-28-23)34-16-8-9-21-22(14-16)31-26(30-21)29-20-10-11-24(32(2)3)19-7-5-4-6-18(19)20/h4-15H,1-3H3,(H,27,33)(H2,29,30,31). The second kappa shape index (κ2) is 8.74. The van der Waals surface area contributed by atoms with E-state index in [9.17, 15) is 4.79 Å². The molecule has 2 heterocycles. The molecular weight excluding hydrogens is 428 g/mol. The summed E-state index contributed by atoms with van der Waals surface area (Å²) in [4.78, 5) is 26.0. The van der Waals surface area contributed by atoms with Crippen molar-refractivity contribution < 1.29 is 9.53 Å². The van der Waals surface area contributed by atoms with E-state index in [1.54, 1.807) is 25.4 Å². The highest BCUT2D eigenvalue weighted by atomic mass is 16.5. The Kier molecular flexibility index (Phi) is 5.47. The SMILES string of the molecule is CNC(=O)c1cc(Oc2ccc3nc(Nc4ccc(N(C)C)c5ccccc45)[nH]c3c2)ccn1. The van der Waals surface area contributed by atoms with Crippen molar-refractivity contribution in [2.75, 3.05) is 31.4 Å². The number of pyridine rings is 1. The molecule has 2 aromatic heterocycles. The minimum absolute atomic E-state index is 0.267. The number of rotatable bonds is 6. The molecule has 5 rings (SSSR count). The van der Waals surface area contributed by atoms with Gasteiger partial charge in [0.1, 0.15) is 17.2 Å². The molecule has 0 aliphatic rings. The first-order chi connectivity index (χ1) is 16.5. The molecule has 0 atom stereocenters. The third kappa shape index (κ3) is 4.09. The molecule has 34 heavy (non-hydrogen) atoms. The second-order valence-electron chi connectivity index (χ2n) is 8.02. The fourth-order valence-corrected chi connectivity index (χ4v) is 3.88. The van der Waals surface area contributed by atoms with E-state index in [4.69, 9.17) is 4.74 Å². The van der Waals surface area contributed by atoms with Crippen LogP contribution in [-0.4, -0.2) is 42.0 Å². The summed E-state index contributed by atoms with van der Waals surface area (Å²) in [5.74, 6) is 1.52. The molecule has 8 heteroatoms. The number of nitrogens with zero attached hydrogens (tertiary/aromatic N) is 3. The first kappa shape index (κ1) is 21.3. The number of H-pyrrole nitrogens is 1. The molecular formula is C26H24N6O2. The summed E-state index contributed by atoms with van der Waals surface area (Å²) in [5, 5.41) is 8.26. The number of hydrogen-bond donors (Lipinski definition) is 3. The van der Waals surface area contributed by atoms with Crippen molar-refractivity contribution in [1.82, 2.24) is 20.3 Å². The van der Waals surface area contributed by atoms with E-state index >= 15 is 0 Å². The van der Waals surface area contributed by atoms with Gasteiger partial charge in [0.2, 0.25) is 5.95 Å². The number of amides is 1. The maximum Gasteiger partial charge on any atom is 0.269 e. The number of fused-ring (bicyclic) bond motifs is 2. The lowest BCUT2D eigenvalue weighted by Gasteiger charge is -2.17. The van der Waals surface area contributed by atoms with Gasteiger partial charge in [-0.1, -0.05) is 24.3 Å². The molecule has 8 nitrogen and oxygen atoms in total. The Morgan fingerprint density at radius 2 is 1.76 bits per heavy atom. The normalized spacial score (nSPS) is 10.9. The van der Waals surface area contributed by atoms with Crippen LogP contribution in [0.25, 0.3) is 21.8 Å². The number of ether oxygens (including phenoxy) is 1. The van der Waals surface area contributed by atoms with E-state index < -0.39 is 0 Å². The van der Waals surface area contributed by atoms with Crippen LogP contribution in [0.1, 0.15) is 10.5 Å². The summed E-state index contributed by atoms with van der Waals surface area (Å²) < 4.78 is 5.95. The van der Waals surface area contributed by atoms with Gasteiger partial charge in [-0.25, -0.2) is 4.98 Å². The molecule has 170 valence electrons. The second-order valence-corrected chi connectivity index (χ2v) is 8.02. The van der Waals surface area contributed by atoms with Gasteiger partial charge in [0.05, 0.1) is 11.0 Å². The van der Waals surface area contributed by atoms with Crippen molar-refractivity contribution in [3.63, 3.8) is 0 Å². The lowest BCUT2D eigenvalue weighted by molar-refractivity contribution is 0.0958. The third-order valence-corrected chi connectivity index (χ3v) is 5.52. The lowest BCUT2D eigenvalue weighted by atomic mass is 10.1. The van der Waals surface area contributed by atoms with Crippen molar-refractivity contribution in [2.45, 2.75) is 0 Å². The first-order valence-electron chi connectivity index (χ1n) is 10.8. The molecule has 0 saturated carbocycles. The van der Waals surface area contributed by atoms with E-state index in [0.29, 0.717) is 23.1 Å². The first-order valence-corrected chi connectivity index (χ1v) is 10.8. The number of anilines is 3. The molecule has 0 fully saturated rings. The number of nitrogens with one attached hydrogen (secondary N) is 3. The molecule has 0 radical (unpaired) electrons. The highest BCUT2D eigenvalue weighted by Gasteiger charge is 2.11. The molecule has 0 aliphatic carbocycles. The van der Waals surface area contributed by atoms with Crippen LogP contribution in [0.4, 0.5) is 17.3 Å². The Bertz CT molecular complexity index is 1510. The van der Waals surface area contributed by atoms with Crippen molar-refractivity contribution in [3.05, 3.63) is 78.6 Å². The van der Waals surface area contributed by atoms with E-state index in [0.717, 1.165) is 33.2 Å². The van der Waals surface area contributed by atoms with Crippen LogP contribution in [0.5, 0.6) is 11.5 Å². The fraction of sp³-hybridized carbons (Fsp3) is 0.115.